The zero-order valence-electron chi connectivity index (χ0n) is 9.55. The number of ether oxygens (including phenoxy) is 1. The maximum atomic E-state index is 6.02. The summed E-state index contributed by atoms with van der Waals surface area (Å²) in [5, 5.41) is 0. The molecule has 1 aliphatic carbocycles. The molecule has 0 bridgehead atoms. The van der Waals surface area contributed by atoms with Gasteiger partial charge in [0.05, 0.1) is 0 Å². The van der Waals surface area contributed by atoms with E-state index in [1.54, 1.807) is 7.11 Å². The van der Waals surface area contributed by atoms with Crippen molar-refractivity contribution >= 4 is 5.84 Å². The third kappa shape index (κ3) is 2.47. The molecule has 0 saturated heterocycles. The third-order valence-electron chi connectivity index (χ3n) is 2.92. The Morgan fingerprint density at radius 1 is 1.29 bits per heavy atom. The Bertz CT molecular complexity index is 205. The number of hydrogen-bond acceptors (Lipinski definition) is 2. The van der Waals surface area contributed by atoms with Gasteiger partial charge in [-0.25, -0.2) is 0 Å². The van der Waals surface area contributed by atoms with E-state index < -0.39 is 0 Å². The zero-order chi connectivity index (χ0) is 10.6. The fourth-order valence-electron chi connectivity index (χ4n) is 2.08. The third-order valence-corrected chi connectivity index (χ3v) is 2.92. The Labute approximate surface area is 86.7 Å². The van der Waals surface area contributed by atoms with E-state index in [0.717, 1.165) is 12.8 Å². The summed E-state index contributed by atoms with van der Waals surface area (Å²) in [6.45, 7) is 4.08. The van der Waals surface area contributed by atoms with Crippen molar-refractivity contribution in [3.05, 3.63) is 0 Å². The van der Waals surface area contributed by atoms with Crippen LogP contribution in [-0.4, -0.2) is 24.6 Å². The number of nitrogens with zero attached hydrogens (tertiary/aromatic N) is 1. The Morgan fingerprint density at radius 3 is 2.29 bits per heavy atom. The molecular weight excluding hydrogens is 176 g/mol. The first-order valence-electron chi connectivity index (χ1n) is 5.49. The van der Waals surface area contributed by atoms with Crippen molar-refractivity contribution in [1.29, 1.82) is 0 Å². The van der Waals surface area contributed by atoms with Crippen molar-refractivity contribution in [2.24, 2.45) is 10.7 Å². The second kappa shape index (κ2) is 4.78. The molecule has 0 aromatic heterocycles. The number of aliphatic imine (C=N–C) groups is 1. The van der Waals surface area contributed by atoms with Gasteiger partial charge in [0.2, 0.25) is 0 Å². The molecule has 0 radical (unpaired) electrons. The Kier molecular flexibility index (Phi) is 3.93. The summed E-state index contributed by atoms with van der Waals surface area (Å²) in [6, 6.07) is 0.254. The SMILES string of the molecule is COC1(C(N)=NC(C)C)CCCCC1. The summed E-state index contributed by atoms with van der Waals surface area (Å²) in [6.07, 6.45) is 5.72. The van der Waals surface area contributed by atoms with Crippen molar-refractivity contribution in [2.45, 2.75) is 57.6 Å². The number of rotatable bonds is 3. The van der Waals surface area contributed by atoms with E-state index in [2.05, 4.69) is 4.99 Å². The first-order valence-corrected chi connectivity index (χ1v) is 5.49. The van der Waals surface area contributed by atoms with Crippen molar-refractivity contribution in [1.82, 2.24) is 0 Å². The molecule has 0 aliphatic heterocycles. The van der Waals surface area contributed by atoms with Crippen molar-refractivity contribution < 1.29 is 4.74 Å². The van der Waals surface area contributed by atoms with E-state index >= 15 is 0 Å². The lowest BCUT2D eigenvalue weighted by Gasteiger charge is -2.35. The van der Waals surface area contributed by atoms with Crippen LogP contribution < -0.4 is 5.73 Å². The number of methoxy groups -OCH3 is 1. The van der Waals surface area contributed by atoms with Gasteiger partial charge in [0.15, 0.2) is 0 Å². The predicted octanol–water partition coefficient (Wildman–Crippen LogP) is 2.10. The van der Waals surface area contributed by atoms with Gasteiger partial charge in [0.1, 0.15) is 11.4 Å². The predicted molar refractivity (Wildman–Crippen MR) is 59.6 cm³/mol. The molecule has 1 saturated carbocycles. The van der Waals surface area contributed by atoms with Gasteiger partial charge in [-0.15, -0.1) is 0 Å². The fourth-order valence-corrected chi connectivity index (χ4v) is 2.08. The summed E-state index contributed by atoms with van der Waals surface area (Å²) >= 11 is 0. The number of nitrogens with two attached hydrogens (primary N) is 1. The molecule has 1 rings (SSSR count). The van der Waals surface area contributed by atoms with Crippen LogP contribution in [-0.2, 0) is 4.74 Å². The number of hydrogen-bond donors (Lipinski definition) is 1. The second-order valence-electron chi connectivity index (χ2n) is 4.37. The summed E-state index contributed by atoms with van der Waals surface area (Å²) in [5.41, 5.74) is 5.76. The maximum Gasteiger partial charge on any atom is 0.127 e. The average Bonchev–Trinajstić information content (AvgIpc) is 2.18. The van der Waals surface area contributed by atoms with Crippen LogP contribution in [0.25, 0.3) is 0 Å². The summed E-state index contributed by atoms with van der Waals surface area (Å²) < 4.78 is 5.59. The molecule has 0 unspecified atom stereocenters. The molecule has 0 aromatic rings. The molecule has 1 fully saturated rings. The lowest BCUT2D eigenvalue weighted by Crippen LogP contribution is -2.47. The smallest absolute Gasteiger partial charge is 0.127 e. The largest absolute Gasteiger partial charge is 0.385 e. The van der Waals surface area contributed by atoms with Crippen LogP contribution in [0.4, 0.5) is 0 Å². The molecule has 0 aromatic carbocycles. The Balaban J connectivity index is 2.77. The minimum Gasteiger partial charge on any atom is -0.385 e. The monoisotopic (exact) mass is 198 g/mol. The standard InChI is InChI=1S/C11H22N2O/c1-9(2)13-10(12)11(14-3)7-5-4-6-8-11/h9H,4-8H2,1-3H3,(H2,12,13). The van der Waals surface area contributed by atoms with E-state index in [0.29, 0.717) is 5.84 Å². The van der Waals surface area contributed by atoms with Crippen LogP contribution in [0.15, 0.2) is 4.99 Å². The zero-order valence-corrected chi connectivity index (χ0v) is 9.55. The topological polar surface area (TPSA) is 47.6 Å². The minimum absolute atomic E-state index is 0.254. The molecular formula is C11H22N2O. The molecule has 0 heterocycles. The molecule has 0 atom stereocenters. The van der Waals surface area contributed by atoms with Gasteiger partial charge in [-0.05, 0) is 26.7 Å². The van der Waals surface area contributed by atoms with E-state index in [1.165, 1.54) is 19.3 Å². The Morgan fingerprint density at radius 2 is 1.86 bits per heavy atom. The van der Waals surface area contributed by atoms with Crippen LogP contribution in [0, 0.1) is 0 Å². The summed E-state index contributed by atoms with van der Waals surface area (Å²) in [5.74, 6) is 0.690. The van der Waals surface area contributed by atoms with E-state index in [1.807, 2.05) is 13.8 Å². The molecule has 82 valence electrons. The van der Waals surface area contributed by atoms with Gasteiger partial charge in [0.25, 0.3) is 0 Å². The van der Waals surface area contributed by atoms with Gasteiger partial charge >= 0.3 is 0 Å². The highest BCUT2D eigenvalue weighted by molar-refractivity contribution is 5.89. The lowest BCUT2D eigenvalue weighted by atomic mass is 9.83. The molecule has 3 heteroatoms. The summed E-state index contributed by atoms with van der Waals surface area (Å²) in [4.78, 5) is 4.41. The minimum atomic E-state index is -0.261. The van der Waals surface area contributed by atoms with Crippen molar-refractivity contribution in [3.8, 4) is 0 Å². The number of amidine groups is 1. The second-order valence-corrected chi connectivity index (χ2v) is 4.37. The van der Waals surface area contributed by atoms with Crippen LogP contribution in [0.5, 0.6) is 0 Å². The maximum absolute atomic E-state index is 6.02. The molecule has 2 N–H and O–H groups in total. The van der Waals surface area contributed by atoms with Crippen LogP contribution in [0.3, 0.4) is 0 Å². The normalized spacial score (nSPS) is 22.7. The lowest BCUT2D eigenvalue weighted by molar-refractivity contribution is 0.0179. The highest BCUT2D eigenvalue weighted by atomic mass is 16.5. The van der Waals surface area contributed by atoms with E-state index in [4.69, 9.17) is 10.5 Å². The summed E-state index contributed by atoms with van der Waals surface area (Å²) in [7, 11) is 1.74. The fraction of sp³-hybridized carbons (Fsp3) is 0.909. The van der Waals surface area contributed by atoms with Gasteiger partial charge in [0, 0.05) is 13.2 Å². The molecule has 14 heavy (non-hydrogen) atoms. The molecule has 1 aliphatic rings. The molecule has 0 spiro atoms. The van der Waals surface area contributed by atoms with E-state index in [9.17, 15) is 0 Å². The van der Waals surface area contributed by atoms with Gasteiger partial charge < -0.3 is 10.5 Å². The van der Waals surface area contributed by atoms with Crippen molar-refractivity contribution in [3.63, 3.8) is 0 Å². The van der Waals surface area contributed by atoms with Crippen LogP contribution in [0.2, 0.25) is 0 Å². The molecule has 0 amide bonds. The highest BCUT2D eigenvalue weighted by Crippen LogP contribution is 2.31. The quantitative estimate of drug-likeness (QED) is 0.557. The average molecular weight is 198 g/mol. The van der Waals surface area contributed by atoms with Gasteiger partial charge in [-0.3, -0.25) is 4.99 Å². The van der Waals surface area contributed by atoms with Gasteiger partial charge in [-0.1, -0.05) is 19.3 Å². The van der Waals surface area contributed by atoms with Crippen LogP contribution >= 0.6 is 0 Å². The first-order chi connectivity index (χ1) is 6.60. The van der Waals surface area contributed by atoms with Crippen molar-refractivity contribution in [2.75, 3.05) is 7.11 Å². The van der Waals surface area contributed by atoms with Crippen LogP contribution in [0.1, 0.15) is 46.0 Å². The first kappa shape index (κ1) is 11.5. The van der Waals surface area contributed by atoms with Gasteiger partial charge in [-0.2, -0.15) is 0 Å². The Hall–Kier alpha value is -0.570. The van der Waals surface area contributed by atoms with E-state index in [-0.39, 0.29) is 11.6 Å². The molecule has 3 nitrogen and oxygen atoms in total. The highest BCUT2D eigenvalue weighted by Gasteiger charge is 2.35.